The smallest absolute Gasteiger partial charge is 0.232 e. The molecule has 1 aromatic heterocycles. The summed E-state index contributed by atoms with van der Waals surface area (Å²) in [7, 11) is 1.54. The molecule has 1 heterocycles. The molecule has 27 heavy (non-hydrogen) atoms. The third-order valence-corrected chi connectivity index (χ3v) is 5.44. The van der Waals surface area contributed by atoms with Gasteiger partial charge in [0.05, 0.1) is 12.8 Å². The highest BCUT2D eigenvalue weighted by atomic mass is 35.5. The van der Waals surface area contributed by atoms with Gasteiger partial charge in [0.1, 0.15) is 11.6 Å². The summed E-state index contributed by atoms with van der Waals surface area (Å²) < 4.78 is 5.45. The van der Waals surface area contributed by atoms with Crippen LogP contribution in [0.25, 0.3) is 22.3 Å². The molecule has 5 heteroatoms. The molecule has 0 N–H and O–H groups in total. The summed E-state index contributed by atoms with van der Waals surface area (Å²) >= 11 is 12.6. The molecule has 1 aliphatic carbocycles. The number of hydrogen-bond donors (Lipinski definition) is 0. The average Bonchev–Trinajstić information content (AvgIpc) is 2.86. The van der Waals surface area contributed by atoms with Crippen molar-refractivity contribution in [1.82, 2.24) is 4.98 Å². The van der Waals surface area contributed by atoms with Gasteiger partial charge in [0.15, 0.2) is 0 Å². The standard InChI is InChI=1S/C22H16Cl2N2O/c1-27-22-17(12-25)20(16-10-9-14(23)11-18(16)24)21-15-7-3-2-5-13(15)6-4-8-19(21)26-22/h2-3,5,7,9-11H,4,6,8H2,1H3. The number of ether oxygens (including phenoxy) is 1. The van der Waals surface area contributed by atoms with E-state index in [0.29, 0.717) is 21.5 Å². The van der Waals surface area contributed by atoms with Crippen molar-refractivity contribution in [3.63, 3.8) is 0 Å². The van der Waals surface area contributed by atoms with Crippen LogP contribution >= 0.6 is 23.2 Å². The summed E-state index contributed by atoms with van der Waals surface area (Å²) in [6.45, 7) is 0. The molecule has 0 radical (unpaired) electrons. The zero-order chi connectivity index (χ0) is 19.0. The maximum absolute atomic E-state index is 9.92. The van der Waals surface area contributed by atoms with Gasteiger partial charge >= 0.3 is 0 Å². The first-order valence-corrected chi connectivity index (χ1v) is 9.44. The van der Waals surface area contributed by atoms with Crippen molar-refractivity contribution in [2.45, 2.75) is 19.3 Å². The van der Waals surface area contributed by atoms with Crippen LogP contribution in [0.1, 0.15) is 23.2 Å². The number of halogens is 2. The second kappa shape index (κ2) is 7.23. The van der Waals surface area contributed by atoms with E-state index in [2.05, 4.69) is 23.2 Å². The highest BCUT2D eigenvalue weighted by Gasteiger charge is 2.26. The number of aryl methyl sites for hydroxylation is 2. The number of benzene rings is 2. The highest BCUT2D eigenvalue weighted by molar-refractivity contribution is 6.36. The minimum absolute atomic E-state index is 0.330. The molecule has 1 aliphatic rings. The maximum Gasteiger partial charge on any atom is 0.232 e. The molecular formula is C22H16Cl2N2O. The lowest BCUT2D eigenvalue weighted by molar-refractivity contribution is 0.395. The van der Waals surface area contributed by atoms with Crippen molar-refractivity contribution in [3.8, 4) is 34.2 Å². The van der Waals surface area contributed by atoms with E-state index in [4.69, 9.17) is 27.9 Å². The number of nitrogens with zero attached hydrogens (tertiary/aromatic N) is 2. The van der Waals surface area contributed by atoms with E-state index < -0.39 is 0 Å². The van der Waals surface area contributed by atoms with Gasteiger partial charge in [-0.1, -0.05) is 53.5 Å². The predicted molar refractivity (Wildman–Crippen MR) is 108 cm³/mol. The minimum Gasteiger partial charge on any atom is -0.480 e. The van der Waals surface area contributed by atoms with Crippen LogP contribution in [0, 0.1) is 11.3 Å². The van der Waals surface area contributed by atoms with E-state index >= 15 is 0 Å². The predicted octanol–water partition coefficient (Wildman–Crippen LogP) is 6.09. The monoisotopic (exact) mass is 394 g/mol. The molecule has 0 fully saturated rings. The van der Waals surface area contributed by atoms with Crippen LogP contribution in [0.4, 0.5) is 0 Å². The first kappa shape index (κ1) is 17.9. The Hall–Kier alpha value is -2.54. The Morgan fingerprint density at radius 1 is 1.04 bits per heavy atom. The van der Waals surface area contributed by atoms with Crippen molar-refractivity contribution < 1.29 is 4.74 Å². The number of hydrogen-bond acceptors (Lipinski definition) is 3. The largest absolute Gasteiger partial charge is 0.480 e. The van der Waals surface area contributed by atoms with E-state index in [9.17, 15) is 5.26 Å². The third-order valence-electron chi connectivity index (χ3n) is 4.89. The van der Waals surface area contributed by atoms with E-state index in [-0.39, 0.29) is 0 Å². The summed E-state index contributed by atoms with van der Waals surface area (Å²) in [6, 6.07) is 15.9. The quantitative estimate of drug-likeness (QED) is 0.527. The van der Waals surface area contributed by atoms with Crippen molar-refractivity contribution in [1.29, 1.82) is 5.26 Å². The molecule has 0 amide bonds. The molecule has 2 aromatic carbocycles. The van der Waals surface area contributed by atoms with Gasteiger partial charge in [-0.3, -0.25) is 0 Å². The second-order valence-electron chi connectivity index (χ2n) is 6.44. The van der Waals surface area contributed by atoms with Gasteiger partial charge in [-0.05, 0) is 42.5 Å². The molecule has 0 saturated carbocycles. The number of rotatable bonds is 2. The third kappa shape index (κ3) is 3.06. The van der Waals surface area contributed by atoms with Gasteiger partial charge in [-0.2, -0.15) is 5.26 Å². The number of fused-ring (bicyclic) bond motifs is 3. The van der Waals surface area contributed by atoms with Crippen molar-refractivity contribution in [2.75, 3.05) is 7.11 Å². The molecule has 0 atom stereocenters. The van der Waals surface area contributed by atoms with Crippen molar-refractivity contribution in [2.24, 2.45) is 0 Å². The average molecular weight is 395 g/mol. The number of aromatic nitrogens is 1. The molecule has 0 saturated heterocycles. The van der Waals surface area contributed by atoms with Gasteiger partial charge < -0.3 is 4.74 Å². The molecule has 4 rings (SSSR count). The van der Waals surface area contributed by atoms with Crippen LogP contribution < -0.4 is 4.74 Å². The molecule has 0 unspecified atom stereocenters. The normalized spacial score (nSPS) is 12.5. The van der Waals surface area contributed by atoms with Gasteiger partial charge in [0, 0.05) is 26.7 Å². The maximum atomic E-state index is 9.92. The highest BCUT2D eigenvalue weighted by Crippen LogP contribution is 2.45. The van der Waals surface area contributed by atoms with E-state index in [1.165, 1.54) is 12.7 Å². The fourth-order valence-corrected chi connectivity index (χ4v) is 4.23. The van der Waals surface area contributed by atoms with Crippen LogP contribution in [0.3, 0.4) is 0 Å². The fourth-order valence-electron chi connectivity index (χ4n) is 3.72. The van der Waals surface area contributed by atoms with E-state index in [1.807, 2.05) is 18.2 Å². The molecule has 0 aliphatic heterocycles. The summed E-state index contributed by atoms with van der Waals surface area (Å²) in [5.74, 6) is 0.330. The van der Waals surface area contributed by atoms with Gasteiger partial charge in [0.25, 0.3) is 0 Å². The summed E-state index contributed by atoms with van der Waals surface area (Å²) in [4.78, 5) is 4.68. The zero-order valence-electron chi connectivity index (χ0n) is 14.7. The van der Waals surface area contributed by atoms with Crippen LogP contribution in [0.15, 0.2) is 42.5 Å². The van der Waals surface area contributed by atoms with Gasteiger partial charge in [-0.15, -0.1) is 0 Å². The Morgan fingerprint density at radius 2 is 1.85 bits per heavy atom. The van der Waals surface area contributed by atoms with Gasteiger partial charge in [0.2, 0.25) is 5.88 Å². The lowest BCUT2D eigenvalue weighted by atomic mass is 9.88. The number of pyridine rings is 1. The Balaban J connectivity index is 2.16. The molecule has 0 bridgehead atoms. The van der Waals surface area contributed by atoms with Crippen LogP contribution in [-0.4, -0.2) is 12.1 Å². The van der Waals surface area contributed by atoms with E-state index in [0.717, 1.165) is 47.2 Å². The minimum atomic E-state index is 0.330. The number of methoxy groups -OCH3 is 1. The first-order chi connectivity index (χ1) is 13.1. The van der Waals surface area contributed by atoms with Crippen LogP contribution in [0.5, 0.6) is 5.88 Å². The van der Waals surface area contributed by atoms with Crippen molar-refractivity contribution in [3.05, 3.63) is 69.3 Å². The molecule has 0 spiro atoms. The second-order valence-corrected chi connectivity index (χ2v) is 7.28. The first-order valence-electron chi connectivity index (χ1n) is 8.68. The summed E-state index contributed by atoms with van der Waals surface area (Å²) in [5, 5.41) is 11.0. The summed E-state index contributed by atoms with van der Waals surface area (Å²) in [6.07, 6.45) is 2.76. The lowest BCUT2D eigenvalue weighted by Gasteiger charge is -2.19. The topological polar surface area (TPSA) is 45.9 Å². The Labute approximate surface area is 168 Å². The summed E-state index contributed by atoms with van der Waals surface area (Å²) in [5.41, 5.74) is 6.14. The fraction of sp³-hybridized carbons (Fsp3) is 0.182. The zero-order valence-corrected chi connectivity index (χ0v) is 16.2. The van der Waals surface area contributed by atoms with Crippen LogP contribution in [0.2, 0.25) is 10.0 Å². The molecule has 3 aromatic rings. The number of nitriles is 1. The van der Waals surface area contributed by atoms with E-state index in [1.54, 1.807) is 12.1 Å². The van der Waals surface area contributed by atoms with Gasteiger partial charge in [-0.25, -0.2) is 4.98 Å². The molecule has 3 nitrogen and oxygen atoms in total. The Morgan fingerprint density at radius 3 is 2.59 bits per heavy atom. The lowest BCUT2D eigenvalue weighted by Crippen LogP contribution is -2.04. The Kier molecular flexibility index (Phi) is 4.78. The Bertz CT molecular complexity index is 1090. The van der Waals surface area contributed by atoms with Crippen LogP contribution in [-0.2, 0) is 12.8 Å². The van der Waals surface area contributed by atoms with Crippen molar-refractivity contribution >= 4 is 23.2 Å². The SMILES string of the molecule is COc1nc2c(c(-c3ccc(Cl)cc3Cl)c1C#N)-c1ccccc1CCC2. The molecular weight excluding hydrogens is 379 g/mol. The molecule has 134 valence electrons.